The molecule has 0 radical (unpaired) electrons. The van der Waals surface area contributed by atoms with Crippen molar-refractivity contribution in [1.82, 2.24) is 4.90 Å². The van der Waals surface area contributed by atoms with Crippen LogP contribution in [-0.2, 0) is 4.79 Å². The molecular formula is C22H23NO4. The van der Waals surface area contributed by atoms with Crippen molar-refractivity contribution in [3.8, 4) is 11.5 Å². The van der Waals surface area contributed by atoms with E-state index in [1.165, 1.54) is 25.2 Å². The molecule has 5 heteroatoms. The molecule has 0 atom stereocenters. The highest BCUT2D eigenvalue weighted by Gasteiger charge is 2.19. The normalized spacial score (nSPS) is 13.7. The molecular weight excluding hydrogens is 342 g/mol. The van der Waals surface area contributed by atoms with Crippen molar-refractivity contribution < 1.29 is 19.1 Å². The summed E-state index contributed by atoms with van der Waals surface area (Å²) in [5.74, 6) is 0.773. The van der Waals surface area contributed by atoms with Crippen LogP contribution in [0.25, 0.3) is 5.57 Å². The molecule has 0 aromatic heterocycles. The smallest absolute Gasteiger partial charge is 0.260 e. The predicted molar refractivity (Wildman–Crippen MR) is 104 cm³/mol. The van der Waals surface area contributed by atoms with Gasteiger partial charge in [-0.2, -0.15) is 0 Å². The summed E-state index contributed by atoms with van der Waals surface area (Å²) >= 11 is 0. The molecule has 27 heavy (non-hydrogen) atoms. The van der Waals surface area contributed by atoms with E-state index in [9.17, 15) is 9.59 Å². The number of methoxy groups -OCH3 is 1. The average Bonchev–Trinajstić information content (AvgIpc) is 2.72. The Hall–Kier alpha value is -3.08. The minimum absolute atomic E-state index is 0.0507. The molecule has 0 saturated carbocycles. The number of carbonyl (C=O) groups is 2. The Bertz CT molecular complexity index is 858. The zero-order valence-electron chi connectivity index (χ0n) is 15.6. The zero-order chi connectivity index (χ0) is 19.2. The van der Waals surface area contributed by atoms with Gasteiger partial charge in [0.2, 0.25) is 0 Å². The molecule has 0 spiro atoms. The summed E-state index contributed by atoms with van der Waals surface area (Å²) in [6, 6.07) is 15.2. The van der Waals surface area contributed by atoms with Gasteiger partial charge in [0.1, 0.15) is 0 Å². The molecule has 2 aromatic carbocycles. The first kappa shape index (κ1) is 18.7. The van der Waals surface area contributed by atoms with Gasteiger partial charge in [0.15, 0.2) is 23.9 Å². The summed E-state index contributed by atoms with van der Waals surface area (Å²) in [6.45, 7) is 2.67. The lowest BCUT2D eigenvalue weighted by Crippen LogP contribution is -2.37. The van der Waals surface area contributed by atoms with E-state index in [1.807, 2.05) is 18.2 Å². The van der Waals surface area contributed by atoms with Crippen LogP contribution in [-0.4, -0.2) is 43.4 Å². The van der Waals surface area contributed by atoms with Gasteiger partial charge in [-0.05, 0) is 42.7 Å². The number of ketones is 1. The van der Waals surface area contributed by atoms with E-state index >= 15 is 0 Å². The standard InChI is InChI=1S/C22H23NO4/c1-16(24)19-8-9-20(21(14-19)26-2)27-15-22(25)23-12-10-18(11-13-23)17-6-4-3-5-7-17/h3-10,14H,11-13,15H2,1-2H3. The van der Waals surface area contributed by atoms with E-state index in [-0.39, 0.29) is 18.3 Å². The summed E-state index contributed by atoms with van der Waals surface area (Å²) < 4.78 is 10.9. The van der Waals surface area contributed by atoms with E-state index < -0.39 is 0 Å². The maximum atomic E-state index is 12.5. The highest BCUT2D eigenvalue weighted by molar-refractivity contribution is 5.94. The lowest BCUT2D eigenvalue weighted by Gasteiger charge is -2.26. The van der Waals surface area contributed by atoms with Gasteiger partial charge in [0.05, 0.1) is 7.11 Å². The lowest BCUT2D eigenvalue weighted by atomic mass is 10.00. The second-order valence-corrected chi connectivity index (χ2v) is 6.40. The van der Waals surface area contributed by atoms with E-state index in [0.717, 1.165) is 6.42 Å². The Labute approximate surface area is 159 Å². The van der Waals surface area contributed by atoms with Gasteiger partial charge in [-0.1, -0.05) is 36.4 Å². The molecule has 140 valence electrons. The van der Waals surface area contributed by atoms with Gasteiger partial charge in [-0.15, -0.1) is 0 Å². The molecule has 1 amide bonds. The van der Waals surface area contributed by atoms with Gasteiger partial charge in [0.25, 0.3) is 5.91 Å². The molecule has 0 aliphatic carbocycles. The van der Waals surface area contributed by atoms with Gasteiger partial charge in [-0.3, -0.25) is 9.59 Å². The molecule has 0 N–H and O–H groups in total. The summed E-state index contributed by atoms with van der Waals surface area (Å²) in [5.41, 5.74) is 3.01. The number of amides is 1. The van der Waals surface area contributed by atoms with E-state index in [4.69, 9.17) is 9.47 Å². The quantitative estimate of drug-likeness (QED) is 0.734. The first-order chi connectivity index (χ1) is 13.1. The Morgan fingerprint density at radius 1 is 1.07 bits per heavy atom. The first-order valence-corrected chi connectivity index (χ1v) is 8.92. The average molecular weight is 365 g/mol. The summed E-state index contributed by atoms with van der Waals surface area (Å²) in [6.07, 6.45) is 2.92. The number of carbonyl (C=O) groups excluding carboxylic acids is 2. The van der Waals surface area contributed by atoms with E-state index in [0.29, 0.717) is 30.2 Å². The Balaban J connectivity index is 1.59. The molecule has 1 heterocycles. The minimum Gasteiger partial charge on any atom is -0.493 e. The highest BCUT2D eigenvalue weighted by atomic mass is 16.5. The fourth-order valence-corrected chi connectivity index (χ4v) is 3.05. The predicted octanol–water partition coefficient (Wildman–Crippen LogP) is 3.59. The summed E-state index contributed by atoms with van der Waals surface area (Å²) in [4.78, 5) is 25.7. The fourth-order valence-electron chi connectivity index (χ4n) is 3.05. The number of rotatable bonds is 6. The topological polar surface area (TPSA) is 55.8 Å². The van der Waals surface area contributed by atoms with Crippen LogP contribution in [0.2, 0.25) is 0 Å². The molecule has 5 nitrogen and oxygen atoms in total. The van der Waals surface area contributed by atoms with Gasteiger partial charge >= 0.3 is 0 Å². The van der Waals surface area contributed by atoms with E-state index in [2.05, 4.69) is 18.2 Å². The molecule has 2 aromatic rings. The van der Waals surface area contributed by atoms with Crippen LogP contribution in [0.3, 0.4) is 0 Å². The molecule has 0 saturated heterocycles. The molecule has 3 rings (SSSR count). The largest absolute Gasteiger partial charge is 0.493 e. The minimum atomic E-state index is -0.0731. The monoisotopic (exact) mass is 365 g/mol. The van der Waals surface area contributed by atoms with Gasteiger partial charge in [-0.25, -0.2) is 0 Å². The van der Waals surface area contributed by atoms with E-state index in [1.54, 1.807) is 23.1 Å². The number of hydrogen-bond acceptors (Lipinski definition) is 4. The number of Topliss-reactive ketones (excluding diaryl/α,β-unsaturated/α-hetero) is 1. The first-order valence-electron chi connectivity index (χ1n) is 8.92. The zero-order valence-corrected chi connectivity index (χ0v) is 15.6. The summed E-state index contributed by atoms with van der Waals surface area (Å²) in [5, 5.41) is 0. The van der Waals surface area contributed by atoms with Crippen LogP contribution in [0.5, 0.6) is 11.5 Å². The number of ether oxygens (including phenoxy) is 2. The third kappa shape index (κ3) is 4.56. The maximum Gasteiger partial charge on any atom is 0.260 e. The Morgan fingerprint density at radius 3 is 2.48 bits per heavy atom. The van der Waals surface area contributed by atoms with Crippen molar-refractivity contribution in [3.05, 3.63) is 65.7 Å². The number of nitrogens with zero attached hydrogens (tertiary/aromatic N) is 1. The summed E-state index contributed by atoms with van der Waals surface area (Å²) in [7, 11) is 1.51. The third-order valence-corrected chi connectivity index (χ3v) is 4.63. The van der Waals surface area contributed by atoms with Gasteiger partial charge < -0.3 is 14.4 Å². The van der Waals surface area contributed by atoms with Crippen LogP contribution >= 0.6 is 0 Å². The van der Waals surface area contributed by atoms with Crippen molar-refractivity contribution >= 4 is 17.3 Å². The third-order valence-electron chi connectivity index (χ3n) is 4.63. The van der Waals surface area contributed by atoms with Gasteiger partial charge in [0, 0.05) is 18.7 Å². The molecule has 0 bridgehead atoms. The molecule has 1 aliphatic heterocycles. The van der Waals surface area contributed by atoms with Crippen molar-refractivity contribution in [2.75, 3.05) is 26.8 Å². The van der Waals surface area contributed by atoms with Crippen LogP contribution in [0.4, 0.5) is 0 Å². The van der Waals surface area contributed by atoms with Crippen molar-refractivity contribution in [2.24, 2.45) is 0 Å². The van der Waals surface area contributed by atoms with Crippen LogP contribution in [0.15, 0.2) is 54.6 Å². The van der Waals surface area contributed by atoms with Crippen LogP contribution in [0.1, 0.15) is 29.3 Å². The Kier molecular flexibility index (Phi) is 5.91. The lowest BCUT2D eigenvalue weighted by molar-refractivity contribution is -0.132. The molecule has 0 unspecified atom stereocenters. The number of benzene rings is 2. The van der Waals surface area contributed by atoms with Crippen LogP contribution in [0, 0.1) is 0 Å². The van der Waals surface area contributed by atoms with Crippen molar-refractivity contribution in [3.63, 3.8) is 0 Å². The number of hydrogen-bond donors (Lipinski definition) is 0. The highest BCUT2D eigenvalue weighted by Crippen LogP contribution is 2.28. The second kappa shape index (κ2) is 8.54. The van der Waals surface area contributed by atoms with Crippen molar-refractivity contribution in [2.45, 2.75) is 13.3 Å². The molecule has 0 fully saturated rings. The molecule has 1 aliphatic rings. The second-order valence-electron chi connectivity index (χ2n) is 6.40. The maximum absolute atomic E-state index is 12.5. The van der Waals surface area contributed by atoms with Crippen LogP contribution < -0.4 is 9.47 Å². The van der Waals surface area contributed by atoms with Crippen molar-refractivity contribution in [1.29, 1.82) is 0 Å². The Morgan fingerprint density at radius 2 is 1.85 bits per heavy atom. The fraction of sp³-hybridized carbons (Fsp3) is 0.273. The SMILES string of the molecule is COc1cc(C(C)=O)ccc1OCC(=O)N1CC=C(c2ccccc2)CC1.